The lowest BCUT2D eigenvalue weighted by Gasteiger charge is -2.11. The van der Waals surface area contributed by atoms with Crippen molar-refractivity contribution in [3.8, 4) is 11.5 Å². The molecule has 0 bridgehead atoms. The molecular formula is C18H15ClF3NO3. The highest BCUT2D eigenvalue weighted by molar-refractivity contribution is 6.32. The highest BCUT2D eigenvalue weighted by Gasteiger charge is 2.12. The molecule has 2 aromatic carbocycles. The Morgan fingerprint density at radius 2 is 1.85 bits per heavy atom. The van der Waals surface area contributed by atoms with Crippen LogP contribution in [0.4, 0.5) is 18.9 Å². The van der Waals surface area contributed by atoms with Crippen molar-refractivity contribution in [2.24, 2.45) is 0 Å². The van der Waals surface area contributed by atoms with Gasteiger partial charge in [-0.2, -0.15) is 0 Å². The van der Waals surface area contributed by atoms with Crippen LogP contribution in [0.3, 0.4) is 0 Å². The zero-order chi connectivity index (χ0) is 19.3. The molecule has 0 spiro atoms. The van der Waals surface area contributed by atoms with Gasteiger partial charge in [-0.05, 0) is 30.7 Å². The van der Waals surface area contributed by atoms with Crippen molar-refractivity contribution in [2.45, 2.75) is 6.92 Å². The van der Waals surface area contributed by atoms with E-state index in [1.165, 1.54) is 13.2 Å². The number of nitrogens with one attached hydrogen (secondary N) is 1. The predicted octanol–water partition coefficient (Wildman–Crippen LogP) is 4.82. The summed E-state index contributed by atoms with van der Waals surface area (Å²) < 4.78 is 50.1. The van der Waals surface area contributed by atoms with Gasteiger partial charge < -0.3 is 14.8 Å². The van der Waals surface area contributed by atoms with Crippen LogP contribution >= 0.6 is 11.6 Å². The smallest absolute Gasteiger partial charge is 0.248 e. The van der Waals surface area contributed by atoms with Crippen molar-refractivity contribution < 1.29 is 27.4 Å². The van der Waals surface area contributed by atoms with Crippen LogP contribution in [0.25, 0.3) is 6.08 Å². The van der Waals surface area contributed by atoms with Crippen molar-refractivity contribution in [3.63, 3.8) is 0 Å². The standard InChI is InChI=1S/C18H15ClF3NO3/c1-3-26-18-11(19)6-10(7-16(18)25-2)4-5-17(24)23-15-9-13(21)12(20)8-14(15)22/h4-9H,3H2,1-2H3,(H,23,24)/b5-4+. The summed E-state index contributed by atoms with van der Waals surface area (Å²) in [7, 11) is 1.44. The van der Waals surface area contributed by atoms with Gasteiger partial charge in [0.05, 0.1) is 24.4 Å². The molecule has 2 rings (SSSR count). The zero-order valence-electron chi connectivity index (χ0n) is 13.9. The minimum absolute atomic E-state index is 0.290. The lowest BCUT2D eigenvalue weighted by Crippen LogP contribution is -2.10. The van der Waals surface area contributed by atoms with Gasteiger partial charge >= 0.3 is 0 Å². The fraction of sp³-hybridized carbons (Fsp3) is 0.167. The molecule has 0 atom stereocenters. The van der Waals surface area contributed by atoms with Crippen LogP contribution < -0.4 is 14.8 Å². The molecular weight excluding hydrogens is 371 g/mol. The molecule has 138 valence electrons. The Balaban J connectivity index is 2.18. The summed E-state index contributed by atoms with van der Waals surface area (Å²) in [5.41, 5.74) is 0.0528. The van der Waals surface area contributed by atoms with E-state index in [-0.39, 0.29) is 5.02 Å². The Bertz CT molecular complexity index is 856. The van der Waals surface area contributed by atoms with Gasteiger partial charge in [0, 0.05) is 18.2 Å². The SMILES string of the molecule is CCOc1c(Cl)cc(/C=C/C(=O)Nc2cc(F)c(F)cc2F)cc1OC. The Hall–Kier alpha value is -2.67. The van der Waals surface area contributed by atoms with Crippen molar-refractivity contribution in [2.75, 3.05) is 19.0 Å². The van der Waals surface area contributed by atoms with Crippen molar-refractivity contribution >= 4 is 29.3 Å². The van der Waals surface area contributed by atoms with E-state index < -0.39 is 29.0 Å². The molecule has 0 aliphatic carbocycles. The summed E-state index contributed by atoms with van der Waals surface area (Å²) in [6.07, 6.45) is 2.49. The Morgan fingerprint density at radius 1 is 1.15 bits per heavy atom. The van der Waals surface area contributed by atoms with Crippen LogP contribution in [-0.2, 0) is 4.79 Å². The van der Waals surface area contributed by atoms with Crippen LogP contribution in [0, 0.1) is 17.5 Å². The number of halogens is 4. The van der Waals surface area contributed by atoms with E-state index in [9.17, 15) is 18.0 Å². The first-order valence-electron chi connectivity index (χ1n) is 7.49. The van der Waals surface area contributed by atoms with Gasteiger partial charge in [-0.3, -0.25) is 4.79 Å². The van der Waals surface area contributed by atoms with E-state index >= 15 is 0 Å². The number of rotatable bonds is 6. The quantitative estimate of drug-likeness (QED) is 0.573. The van der Waals surface area contributed by atoms with Gasteiger partial charge in [0.15, 0.2) is 23.1 Å². The van der Waals surface area contributed by atoms with E-state index in [1.807, 2.05) is 0 Å². The van der Waals surface area contributed by atoms with Crippen molar-refractivity contribution in [1.82, 2.24) is 0 Å². The molecule has 0 heterocycles. The Kier molecular flexibility index (Phi) is 6.52. The highest BCUT2D eigenvalue weighted by atomic mass is 35.5. The first-order valence-corrected chi connectivity index (χ1v) is 7.87. The second kappa shape index (κ2) is 8.62. The number of benzene rings is 2. The summed E-state index contributed by atoms with van der Waals surface area (Å²) in [5.74, 6) is -3.68. The molecule has 1 amide bonds. The molecule has 1 N–H and O–H groups in total. The Labute approximate surface area is 153 Å². The van der Waals surface area contributed by atoms with E-state index in [0.29, 0.717) is 35.8 Å². The maximum Gasteiger partial charge on any atom is 0.248 e. The second-order valence-corrected chi connectivity index (χ2v) is 5.44. The molecule has 0 saturated heterocycles. The lowest BCUT2D eigenvalue weighted by molar-refractivity contribution is -0.111. The van der Waals surface area contributed by atoms with E-state index in [2.05, 4.69) is 5.32 Å². The molecule has 0 radical (unpaired) electrons. The van der Waals surface area contributed by atoms with E-state index in [4.69, 9.17) is 21.1 Å². The third-order valence-corrected chi connectivity index (χ3v) is 3.52. The fourth-order valence-electron chi connectivity index (χ4n) is 2.09. The second-order valence-electron chi connectivity index (χ2n) is 5.04. The summed E-state index contributed by atoms with van der Waals surface area (Å²) in [4.78, 5) is 11.9. The average Bonchev–Trinajstić information content (AvgIpc) is 2.59. The molecule has 0 unspecified atom stereocenters. The molecule has 0 aliphatic rings. The molecule has 8 heteroatoms. The van der Waals surface area contributed by atoms with Crippen LogP contribution in [0.15, 0.2) is 30.3 Å². The van der Waals surface area contributed by atoms with E-state index in [1.54, 1.807) is 19.1 Å². The van der Waals surface area contributed by atoms with Gasteiger partial charge in [0.2, 0.25) is 5.91 Å². The van der Waals surface area contributed by atoms with Crippen molar-refractivity contribution in [3.05, 3.63) is 58.4 Å². The Morgan fingerprint density at radius 3 is 2.50 bits per heavy atom. The molecule has 0 aromatic heterocycles. The number of ether oxygens (including phenoxy) is 2. The number of anilines is 1. The van der Waals surface area contributed by atoms with Gasteiger partial charge in [-0.1, -0.05) is 11.6 Å². The fourth-order valence-corrected chi connectivity index (χ4v) is 2.36. The predicted molar refractivity (Wildman–Crippen MR) is 93.2 cm³/mol. The summed E-state index contributed by atoms with van der Waals surface area (Å²) in [6, 6.07) is 4.06. The minimum Gasteiger partial charge on any atom is -0.493 e. The number of carbonyl (C=O) groups excluding carboxylic acids is 1. The van der Waals surface area contributed by atoms with Gasteiger partial charge in [-0.15, -0.1) is 0 Å². The maximum atomic E-state index is 13.5. The molecule has 4 nitrogen and oxygen atoms in total. The van der Waals surface area contributed by atoms with Gasteiger partial charge in [0.25, 0.3) is 0 Å². The third kappa shape index (κ3) is 4.70. The topological polar surface area (TPSA) is 47.6 Å². The number of carbonyl (C=O) groups is 1. The maximum absolute atomic E-state index is 13.5. The zero-order valence-corrected chi connectivity index (χ0v) is 14.7. The largest absolute Gasteiger partial charge is 0.493 e. The van der Waals surface area contributed by atoms with Crippen molar-refractivity contribution in [1.29, 1.82) is 0 Å². The number of hydrogen-bond donors (Lipinski definition) is 1. The van der Waals surface area contributed by atoms with Crippen LogP contribution in [-0.4, -0.2) is 19.6 Å². The van der Waals surface area contributed by atoms with Crippen LogP contribution in [0.5, 0.6) is 11.5 Å². The summed E-state index contributed by atoms with van der Waals surface area (Å²) >= 11 is 6.12. The first kappa shape index (κ1) is 19.7. The average molecular weight is 386 g/mol. The normalized spacial score (nSPS) is 10.8. The first-order chi connectivity index (χ1) is 12.3. The van der Waals surface area contributed by atoms with Crippen LogP contribution in [0.2, 0.25) is 5.02 Å². The van der Waals surface area contributed by atoms with E-state index in [0.717, 1.165) is 6.08 Å². The third-order valence-electron chi connectivity index (χ3n) is 3.24. The molecule has 2 aromatic rings. The van der Waals surface area contributed by atoms with Crippen LogP contribution in [0.1, 0.15) is 12.5 Å². The number of hydrogen-bond acceptors (Lipinski definition) is 3. The summed E-state index contributed by atoms with van der Waals surface area (Å²) in [5, 5.41) is 2.42. The molecule has 0 saturated carbocycles. The molecule has 0 aliphatic heterocycles. The minimum atomic E-state index is -1.34. The highest BCUT2D eigenvalue weighted by Crippen LogP contribution is 2.36. The molecule has 26 heavy (non-hydrogen) atoms. The molecule has 0 fully saturated rings. The monoisotopic (exact) mass is 385 g/mol. The summed E-state index contributed by atoms with van der Waals surface area (Å²) in [6.45, 7) is 2.19. The number of methoxy groups -OCH3 is 1. The number of amides is 1. The lowest BCUT2D eigenvalue weighted by atomic mass is 10.2. The van der Waals surface area contributed by atoms with Gasteiger partial charge in [0.1, 0.15) is 5.82 Å². The van der Waals surface area contributed by atoms with Gasteiger partial charge in [-0.25, -0.2) is 13.2 Å².